The topological polar surface area (TPSA) is 66.5 Å². The summed E-state index contributed by atoms with van der Waals surface area (Å²) in [6, 6.07) is 14.4. The lowest BCUT2D eigenvalue weighted by Crippen LogP contribution is -2.32. The number of aryl methyl sites for hydroxylation is 1. The normalized spacial score (nSPS) is 10.2. The van der Waals surface area contributed by atoms with Crippen molar-refractivity contribution in [3.05, 3.63) is 59.7 Å². The van der Waals surface area contributed by atoms with Crippen LogP contribution >= 0.6 is 0 Å². The van der Waals surface area contributed by atoms with E-state index >= 15 is 0 Å². The van der Waals surface area contributed by atoms with Gasteiger partial charge in [0.15, 0.2) is 5.78 Å². The highest BCUT2D eigenvalue weighted by Crippen LogP contribution is 2.20. The Bertz CT molecular complexity index is 799. The van der Waals surface area contributed by atoms with E-state index in [1.54, 1.807) is 29.2 Å². The van der Waals surface area contributed by atoms with Crippen molar-refractivity contribution < 1.29 is 14.4 Å². The molecule has 0 heterocycles. The van der Waals surface area contributed by atoms with Crippen LogP contribution in [-0.4, -0.2) is 24.1 Å². The molecule has 5 nitrogen and oxygen atoms in total. The number of para-hydroxylation sites is 1. The molecule has 2 aromatic rings. The second-order valence-corrected chi connectivity index (χ2v) is 5.89. The van der Waals surface area contributed by atoms with Gasteiger partial charge in [-0.1, -0.05) is 30.3 Å². The Morgan fingerprint density at radius 2 is 1.72 bits per heavy atom. The van der Waals surface area contributed by atoms with Gasteiger partial charge < -0.3 is 10.2 Å². The highest BCUT2D eigenvalue weighted by Gasteiger charge is 2.15. The molecule has 0 saturated heterocycles. The van der Waals surface area contributed by atoms with Crippen LogP contribution in [0.5, 0.6) is 0 Å². The maximum absolute atomic E-state index is 12.2. The molecule has 0 saturated carbocycles. The first-order chi connectivity index (χ1) is 11.9. The summed E-state index contributed by atoms with van der Waals surface area (Å²) in [4.78, 5) is 37.2. The Kier molecular flexibility index (Phi) is 6.06. The maximum Gasteiger partial charge on any atom is 0.226 e. The van der Waals surface area contributed by atoms with Gasteiger partial charge >= 0.3 is 0 Å². The SMILES string of the molecule is CC(=O)c1cccc(NC(=O)CCN(C(C)=O)c2ccccc2C)c1. The Morgan fingerprint density at radius 3 is 2.36 bits per heavy atom. The van der Waals surface area contributed by atoms with Gasteiger partial charge in [0.1, 0.15) is 0 Å². The number of hydrogen-bond donors (Lipinski definition) is 1. The predicted octanol–water partition coefficient (Wildman–Crippen LogP) is 3.58. The average molecular weight is 338 g/mol. The van der Waals surface area contributed by atoms with Gasteiger partial charge in [0.2, 0.25) is 11.8 Å². The van der Waals surface area contributed by atoms with Crippen LogP contribution in [0.4, 0.5) is 11.4 Å². The molecule has 0 aliphatic rings. The molecule has 0 atom stereocenters. The molecule has 0 spiro atoms. The summed E-state index contributed by atoms with van der Waals surface area (Å²) in [5, 5.41) is 2.77. The van der Waals surface area contributed by atoms with Crippen LogP contribution in [0.3, 0.4) is 0 Å². The highest BCUT2D eigenvalue weighted by molar-refractivity contribution is 5.98. The van der Waals surface area contributed by atoms with Crippen LogP contribution < -0.4 is 10.2 Å². The standard InChI is InChI=1S/C20H22N2O3/c1-14-7-4-5-10-19(14)22(16(3)24)12-11-20(25)21-18-9-6-8-17(13-18)15(2)23/h4-10,13H,11-12H2,1-3H3,(H,21,25). The molecule has 2 aromatic carbocycles. The van der Waals surface area contributed by atoms with Gasteiger partial charge in [-0.25, -0.2) is 0 Å². The summed E-state index contributed by atoms with van der Waals surface area (Å²) in [6.45, 7) is 5.19. The summed E-state index contributed by atoms with van der Waals surface area (Å²) in [7, 11) is 0. The third-order valence-electron chi connectivity index (χ3n) is 3.90. The number of carbonyl (C=O) groups is 3. The minimum atomic E-state index is -0.208. The number of nitrogens with one attached hydrogen (secondary N) is 1. The molecule has 5 heteroatoms. The Hall–Kier alpha value is -2.95. The van der Waals surface area contributed by atoms with Crippen LogP contribution in [0, 0.1) is 6.92 Å². The molecule has 2 rings (SSSR count). The number of anilines is 2. The number of hydrogen-bond acceptors (Lipinski definition) is 3. The van der Waals surface area contributed by atoms with Crippen molar-refractivity contribution in [1.29, 1.82) is 0 Å². The van der Waals surface area contributed by atoms with E-state index < -0.39 is 0 Å². The number of ketones is 1. The third-order valence-corrected chi connectivity index (χ3v) is 3.90. The lowest BCUT2D eigenvalue weighted by atomic mass is 10.1. The fraction of sp³-hybridized carbons (Fsp3) is 0.250. The first kappa shape index (κ1) is 18.4. The van der Waals surface area contributed by atoms with Crippen LogP contribution in [0.2, 0.25) is 0 Å². The first-order valence-corrected chi connectivity index (χ1v) is 8.13. The average Bonchev–Trinajstić information content (AvgIpc) is 2.56. The maximum atomic E-state index is 12.2. The molecule has 1 N–H and O–H groups in total. The van der Waals surface area contributed by atoms with E-state index in [9.17, 15) is 14.4 Å². The van der Waals surface area contributed by atoms with Crippen LogP contribution in [0.15, 0.2) is 48.5 Å². The van der Waals surface area contributed by atoms with E-state index in [1.165, 1.54) is 13.8 Å². The summed E-state index contributed by atoms with van der Waals surface area (Å²) < 4.78 is 0. The predicted molar refractivity (Wildman–Crippen MR) is 98.9 cm³/mol. The van der Waals surface area contributed by atoms with Gasteiger partial charge in [0.05, 0.1) is 0 Å². The number of amides is 2. The van der Waals surface area contributed by atoms with E-state index in [1.807, 2.05) is 31.2 Å². The molecule has 0 bridgehead atoms. The van der Waals surface area contributed by atoms with Crippen molar-refractivity contribution in [2.45, 2.75) is 27.2 Å². The summed E-state index contributed by atoms with van der Waals surface area (Å²) in [5.74, 6) is -0.375. The highest BCUT2D eigenvalue weighted by atomic mass is 16.2. The summed E-state index contributed by atoms with van der Waals surface area (Å²) in [6.07, 6.45) is 0.165. The number of carbonyl (C=O) groups excluding carboxylic acids is 3. The van der Waals surface area contributed by atoms with E-state index in [2.05, 4.69) is 5.32 Å². The molecular formula is C20H22N2O3. The zero-order valence-corrected chi connectivity index (χ0v) is 14.7. The number of benzene rings is 2. The molecule has 130 valence electrons. The fourth-order valence-electron chi connectivity index (χ4n) is 2.57. The van der Waals surface area contributed by atoms with Gasteiger partial charge in [-0.05, 0) is 37.6 Å². The van der Waals surface area contributed by atoms with Crippen molar-refractivity contribution in [1.82, 2.24) is 0 Å². The Morgan fingerprint density at radius 1 is 1.00 bits per heavy atom. The number of rotatable bonds is 6. The first-order valence-electron chi connectivity index (χ1n) is 8.13. The molecule has 0 aliphatic heterocycles. The largest absolute Gasteiger partial charge is 0.326 e. The van der Waals surface area contributed by atoms with Crippen molar-refractivity contribution in [2.24, 2.45) is 0 Å². The monoisotopic (exact) mass is 338 g/mol. The van der Waals surface area contributed by atoms with Crippen LogP contribution in [0.1, 0.15) is 36.2 Å². The van der Waals surface area contributed by atoms with Gasteiger partial charge in [0, 0.05) is 36.8 Å². The number of Topliss-reactive ketones (excluding diaryl/α,β-unsaturated/α-hetero) is 1. The molecule has 0 aromatic heterocycles. The second kappa shape index (κ2) is 8.24. The Balaban J connectivity index is 2.02. The van der Waals surface area contributed by atoms with Crippen molar-refractivity contribution in [3.8, 4) is 0 Å². The molecule has 0 aliphatic carbocycles. The zero-order valence-electron chi connectivity index (χ0n) is 14.7. The van der Waals surface area contributed by atoms with E-state index in [0.29, 0.717) is 17.8 Å². The van der Waals surface area contributed by atoms with E-state index in [-0.39, 0.29) is 24.0 Å². The molecule has 2 amide bonds. The molecule has 25 heavy (non-hydrogen) atoms. The second-order valence-electron chi connectivity index (χ2n) is 5.89. The van der Waals surface area contributed by atoms with Gasteiger partial charge in [-0.2, -0.15) is 0 Å². The number of nitrogens with zero attached hydrogens (tertiary/aromatic N) is 1. The van der Waals surface area contributed by atoms with Crippen molar-refractivity contribution in [3.63, 3.8) is 0 Å². The fourth-order valence-corrected chi connectivity index (χ4v) is 2.57. The Labute approximate surface area is 147 Å². The van der Waals surface area contributed by atoms with E-state index in [0.717, 1.165) is 11.3 Å². The quantitative estimate of drug-likeness (QED) is 0.819. The summed E-state index contributed by atoms with van der Waals surface area (Å²) >= 11 is 0. The van der Waals surface area contributed by atoms with E-state index in [4.69, 9.17) is 0 Å². The van der Waals surface area contributed by atoms with Gasteiger partial charge in [-0.15, -0.1) is 0 Å². The van der Waals surface area contributed by atoms with Crippen LogP contribution in [0.25, 0.3) is 0 Å². The zero-order chi connectivity index (χ0) is 18.4. The lowest BCUT2D eigenvalue weighted by molar-refractivity contribution is -0.117. The minimum absolute atomic E-state index is 0.0570. The minimum Gasteiger partial charge on any atom is -0.326 e. The molecule has 0 unspecified atom stereocenters. The van der Waals surface area contributed by atoms with Crippen LogP contribution in [-0.2, 0) is 9.59 Å². The lowest BCUT2D eigenvalue weighted by Gasteiger charge is -2.22. The third kappa shape index (κ3) is 5.01. The van der Waals surface area contributed by atoms with Crippen molar-refractivity contribution in [2.75, 3.05) is 16.8 Å². The van der Waals surface area contributed by atoms with Gasteiger partial charge in [-0.3, -0.25) is 14.4 Å². The smallest absolute Gasteiger partial charge is 0.226 e. The van der Waals surface area contributed by atoms with Crippen molar-refractivity contribution >= 4 is 29.0 Å². The molecule has 0 radical (unpaired) electrons. The molecular weight excluding hydrogens is 316 g/mol. The van der Waals surface area contributed by atoms with Gasteiger partial charge in [0.25, 0.3) is 0 Å². The molecule has 0 fully saturated rings. The summed E-state index contributed by atoms with van der Waals surface area (Å²) in [5.41, 5.74) is 2.90.